The van der Waals surface area contributed by atoms with Gasteiger partial charge in [0, 0.05) is 43.1 Å². The predicted octanol–water partition coefficient (Wildman–Crippen LogP) is 7.80. The van der Waals surface area contributed by atoms with Gasteiger partial charge in [0.15, 0.2) is 27.3 Å². The Labute approximate surface area is 278 Å². The third kappa shape index (κ3) is 7.35. The molecule has 0 amide bonds. The number of hydrogen-bond acceptors (Lipinski definition) is 10. The molecule has 0 bridgehead atoms. The second kappa shape index (κ2) is 14.0. The molecule has 4 heterocycles. The van der Waals surface area contributed by atoms with Crippen molar-refractivity contribution in [3.63, 3.8) is 0 Å². The number of hydrogen-bond donors (Lipinski definition) is 0. The summed E-state index contributed by atoms with van der Waals surface area (Å²) >= 11 is 9.18. The third-order valence-corrected chi connectivity index (χ3v) is 12.2. The number of aryl methyl sites for hydroxylation is 1. The minimum absolute atomic E-state index is 0.306. The van der Waals surface area contributed by atoms with Crippen molar-refractivity contribution in [3.8, 4) is 0 Å². The van der Waals surface area contributed by atoms with E-state index in [-0.39, 0.29) is 5.97 Å². The lowest BCUT2D eigenvalue weighted by Gasteiger charge is -2.29. The first kappa shape index (κ1) is 32.3. The van der Waals surface area contributed by atoms with Crippen LogP contribution in [-0.2, 0) is 29.0 Å². The molecule has 1 aromatic carbocycles. The smallest absolute Gasteiger partial charge is 0.358 e. The van der Waals surface area contributed by atoms with Crippen molar-refractivity contribution in [3.05, 3.63) is 50.8 Å². The highest BCUT2D eigenvalue weighted by atomic mass is 35.5. The van der Waals surface area contributed by atoms with Crippen LogP contribution in [0.3, 0.4) is 0 Å². The summed E-state index contributed by atoms with van der Waals surface area (Å²) in [6.07, 6.45) is 5.57. The van der Waals surface area contributed by atoms with Crippen LogP contribution in [0.2, 0.25) is 25.7 Å². The van der Waals surface area contributed by atoms with Crippen LogP contribution in [0.25, 0.3) is 10.2 Å². The van der Waals surface area contributed by atoms with Gasteiger partial charge in [-0.25, -0.2) is 9.78 Å². The van der Waals surface area contributed by atoms with Crippen molar-refractivity contribution >= 4 is 75.3 Å². The molecule has 240 valence electrons. The summed E-state index contributed by atoms with van der Waals surface area (Å²) in [5, 5.41) is 10.3. The van der Waals surface area contributed by atoms with E-state index in [1.54, 1.807) is 11.3 Å². The van der Waals surface area contributed by atoms with Gasteiger partial charge in [-0.1, -0.05) is 43.1 Å². The highest BCUT2D eigenvalue weighted by molar-refractivity contribution is 7.16. The van der Waals surface area contributed by atoms with Gasteiger partial charge in [-0.05, 0) is 69.5 Å². The van der Waals surface area contributed by atoms with Crippen LogP contribution in [-0.4, -0.2) is 59.4 Å². The zero-order chi connectivity index (χ0) is 31.6. The predicted molar refractivity (Wildman–Crippen MR) is 186 cm³/mol. The van der Waals surface area contributed by atoms with E-state index in [2.05, 4.69) is 53.4 Å². The molecule has 2 aliphatic rings. The van der Waals surface area contributed by atoms with E-state index in [0.29, 0.717) is 43.1 Å². The summed E-state index contributed by atoms with van der Waals surface area (Å²) in [6, 6.07) is 9.51. The van der Waals surface area contributed by atoms with Gasteiger partial charge >= 0.3 is 5.97 Å². The fourth-order valence-electron chi connectivity index (χ4n) is 5.58. The number of ether oxygens (including phenoxy) is 2. The minimum Gasteiger partial charge on any atom is -0.461 e. The molecular weight excluding hydrogens is 644 g/mol. The van der Waals surface area contributed by atoms with Crippen LogP contribution in [0.1, 0.15) is 65.0 Å². The van der Waals surface area contributed by atoms with Crippen LogP contribution in [0.5, 0.6) is 0 Å². The molecule has 0 unspecified atom stereocenters. The number of aromatic nitrogens is 4. The molecular formula is C32H41ClN6O3S2Si. The average molecular weight is 685 g/mol. The maximum atomic E-state index is 12.8. The van der Waals surface area contributed by atoms with Crippen molar-refractivity contribution in [2.75, 3.05) is 30.5 Å². The SMILES string of the molecule is CCOC(=O)c1nc(N2CCCc3c2nnc(N=c2sc4ccccc4n2COCC[Si](C)(C)C)c3C2CC2)sc1CCCCl. The Kier molecular flexibility index (Phi) is 10.1. The quantitative estimate of drug-likeness (QED) is 0.0614. The maximum Gasteiger partial charge on any atom is 0.358 e. The normalized spacial score (nSPS) is 15.6. The van der Waals surface area contributed by atoms with Gasteiger partial charge in [-0.3, -0.25) is 4.57 Å². The highest BCUT2D eigenvalue weighted by Crippen LogP contribution is 2.49. The van der Waals surface area contributed by atoms with Gasteiger partial charge in [0.2, 0.25) is 0 Å². The molecule has 0 N–H and O–H groups in total. The average Bonchev–Trinajstić information content (AvgIpc) is 3.67. The standard InChI is InChI=1S/C32H41ClN6O3S2Si/c1-5-42-30(40)27-25(13-8-16-33)44-31(34-27)38-17-9-10-22-26(21-14-15-21)28(36-37-29(22)38)35-32-39(20-41-18-19-45(2,3)4)23-11-6-7-12-24(23)43-32/h6-7,11-12,21H,5,8-10,13-20H2,1-4H3. The summed E-state index contributed by atoms with van der Waals surface area (Å²) in [5.74, 6) is 2.09. The molecule has 13 heteroatoms. The molecule has 1 aliphatic carbocycles. The van der Waals surface area contributed by atoms with Gasteiger partial charge in [-0.2, -0.15) is 4.99 Å². The number of fused-ring (bicyclic) bond motifs is 2. The number of nitrogens with zero attached hydrogens (tertiary/aromatic N) is 6. The Balaban J connectivity index is 1.38. The van der Waals surface area contributed by atoms with Crippen molar-refractivity contribution in [2.24, 2.45) is 4.99 Å². The zero-order valence-electron chi connectivity index (χ0n) is 26.5. The number of alkyl halides is 1. The summed E-state index contributed by atoms with van der Waals surface area (Å²) in [6.45, 7) is 11.2. The fraction of sp³-hybridized carbons (Fsp3) is 0.531. The second-order valence-electron chi connectivity index (χ2n) is 12.8. The van der Waals surface area contributed by atoms with E-state index in [0.717, 1.165) is 77.4 Å². The maximum absolute atomic E-state index is 12.8. The molecule has 0 spiro atoms. The molecule has 0 saturated heterocycles. The fourth-order valence-corrected chi connectivity index (χ4v) is 8.61. The van der Waals surface area contributed by atoms with Crippen LogP contribution >= 0.6 is 34.3 Å². The van der Waals surface area contributed by atoms with Gasteiger partial charge < -0.3 is 14.4 Å². The van der Waals surface area contributed by atoms with Crippen LogP contribution in [0.4, 0.5) is 16.8 Å². The molecule has 0 radical (unpaired) electrons. The van der Waals surface area contributed by atoms with Gasteiger partial charge in [-0.15, -0.1) is 33.1 Å². The number of carbonyl (C=O) groups excluding carboxylic acids is 1. The first-order chi connectivity index (χ1) is 21.8. The Morgan fingerprint density at radius 1 is 1.18 bits per heavy atom. The molecule has 1 fully saturated rings. The molecule has 45 heavy (non-hydrogen) atoms. The Morgan fingerprint density at radius 2 is 2.00 bits per heavy atom. The highest BCUT2D eigenvalue weighted by Gasteiger charge is 2.35. The lowest BCUT2D eigenvalue weighted by atomic mass is 9.97. The van der Waals surface area contributed by atoms with E-state index >= 15 is 0 Å². The first-order valence-electron chi connectivity index (χ1n) is 15.9. The Morgan fingerprint density at radius 3 is 2.76 bits per heavy atom. The Bertz CT molecular complexity index is 1740. The number of benzene rings is 1. The van der Waals surface area contributed by atoms with Crippen molar-refractivity contribution in [2.45, 2.75) is 83.8 Å². The summed E-state index contributed by atoms with van der Waals surface area (Å²) in [5.41, 5.74) is 3.91. The third-order valence-electron chi connectivity index (χ3n) is 8.05. The molecule has 1 aliphatic heterocycles. The molecule has 4 aromatic rings. The zero-order valence-corrected chi connectivity index (χ0v) is 29.9. The molecule has 1 saturated carbocycles. The van der Waals surface area contributed by atoms with Crippen LogP contribution in [0.15, 0.2) is 29.3 Å². The van der Waals surface area contributed by atoms with Crippen molar-refractivity contribution in [1.82, 2.24) is 19.7 Å². The topological polar surface area (TPSA) is 94.7 Å². The lowest BCUT2D eigenvalue weighted by Crippen LogP contribution is -2.27. The summed E-state index contributed by atoms with van der Waals surface area (Å²) in [7, 11) is -1.19. The van der Waals surface area contributed by atoms with E-state index in [1.165, 1.54) is 27.2 Å². The molecule has 9 nitrogen and oxygen atoms in total. The number of thiazole rings is 2. The van der Waals surface area contributed by atoms with Crippen molar-refractivity contribution in [1.29, 1.82) is 0 Å². The van der Waals surface area contributed by atoms with Gasteiger partial charge in [0.1, 0.15) is 6.73 Å². The molecule has 0 atom stereocenters. The number of rotatable bonds is 13. The number of anilines is 2. The van der Waals surface area contributed by atoms with Crippen LogP contribution in [0, 0.1) is 0 Å². The van der Waals surface area contributed by atoms with E-state index < -0.39 is 8.07 Å². The molecule has 3 aromatic heterocycles. The monoisotopic (exact) mass is 684 g/mol. The van der Waals surface area contributed by atoms with Crippen molar-refractivity contribution < 1.29 is 14.3 Å². The number of para-hydroxylation sites is 1. The summed E-state index contributed by atoms with van der Waals surface area (Å²) in [4.78, 5) is 26.7. The largest absolute Gasteiger partial charge is 0.461 e. The molecule has 6 rings (SSSR count). The second-order valence-corrected chi connectivity index (χ2v) is 20.9. The van der Waals surface area contributed by atoms with E-state index in [1.807, 2.05) is 6.92 Å². The number of esters is 1. The Hall–Kier alpha value is -2.64. The lowest BCUT2D eigenvalue weighted by molar-refractivity contribution is 0.0519. The minimum atomic E-state index is -1.19. The van der Waals surface area contributed by atoms with Crippen LogP contribution < -0.4 is 9.70 Å². The van der Waals surface area contributed by atoms with Gasteiger partial charge in [0.25, 0.3) is 0 Å². The number of halogens is 1. The summed E-state index contributed by atoms with van der Waals surface area (Å²) < 4.78 is 14.9. The first-order valence-corrected chi connectivity index (χ1v) is 21.8. The van der Waals surface area contributed by atoms with E-state index in [4.69, 9.17) is 41.2 Å². The number of carbonyl (C=O) groups is 1. The van der Waals surface area contributed by atoms with E-state index in [9.17, 15) is 4.79 Å². The van der Waals surface area contributed by atoms with Gasteiger partial charge in [0.05, 0.1) is 16.8 Å².